The molecule has 0 heterocycles. The van der Waals surface area contributed by atoms with Crippen molar-refractivity contribution in [2.75, 3.05) is 26.1 Å². The Morgan fingerprint density at radius 1 is 0.861 bits per heavy atom. The van der Waals surface area contributed by atoms with Gasteiger partial charge in [0.05, 0.1) is 7.11 Å². The van der Waals surface area contributed by atoms with Gasteiger partial charge in [-0.05, 0) is 18.6 Å². The molecule has 7 nitrogen and oxygen atoms in total. The first-order valence-electron chi connectivity index (χ1n) is 13.5. The molecule has 0 aliphatic carbocycles. The summed E-state index contributed by atoms with van der Waals surface area (Å²) < 4.78 is 32.8. The monoisotopic (exact) mass is 526 g/mol. The molecular formula is C28H50N2O5S. The van der Waals surface area contributed by atoms with Crippen molar-refractivity contribution in [3.05, 3.63) is 24.3 Å². The summed E-state index contributed by atoms with van der Waals surface area (Å²) in [5, 5.41) is 0. The zero-order chi connectivity index (χ0) is 27.2. The zero-order valence-corrected chi connectivity index (χ0v) is 24.0. The number of benzene rings is 1. The number of nitrogens with zero attached hydrogens (tertiary/aromatic N) is 2. The summed E-state index contributed by atoms with van der Waals surface area (Å²) in [7, 11) is 0.184. The predicted octanol–water partition coefficient (Wildman–Crippen LogP) is 6.98. The fourth-order valence-electron chi connectivity index (χ4n) is 3.89. The van der Waals surface area contributed by atoms with Crippen molar-refractivity contribution >= 4 is 34.4 Å². The second-order valence-electron chi connectivity index (χ2n) is 9.44. The summed E-state index contributed by atoms with van der Waals surface area (Å²) in [6.45, 7) is 6.16. The van der Waals surface area contributed by atoms with Gasteiger partial charge in [-0.15, -0.1) is 0 Å². The Morgan fingerprint density at radius 3 is 1.56 bits per heavy atom. The Hall–Kier alpha value is -1.77. The summed E-state index contributed by atoms with van der Waals surface area (Å²) in [6, 6.07) is 7.97. The first kappa shape index (κ1) is 34.2. The van der Waals surface area contributed by atoms with E-state index in [2.05, 4.69) is 17.8 Å². The Balaban J connectivity index is 0.00000181. The molecule has 0 aliphatic rings. The smallest absolute Gasteiger partial charge is 0.226 e. The van der Waals surface area contributed by atoms with E-state index in [0.717, 1.165) is 24.9 Å². The van der Waals surface area contributed by atoms with Crippen molar-refractivity contribution in [2.24, 2.45) is 0 Å². The number of unbranched alkanes of at least 4 members (excludes halogenated alkanes) is 14. The highest BCUT2D eigenvalue weighted by Gasteiger charge is 2.11. The standard InChI is InChI=1S/C27H47N2O.CH4O4S/c1-5-6-7-8-9-10-11-12-13-14-15-16-17-18-19-20-27(30)29(4)26-23-21-25(22-24-26)28(2)3;1-5-6(2,3)4/h21-24H,2,5-20H2,1,3-4H3;1H3,(H,2,3,4)/q+1;/p-1. The number of anilines is 1. The normalized spacial score (nSPS) is 11.0. The van der Waals surface area contributed by atoms with Crippen LogP contribution in [0.2, 0.25) is 0 Å². The molecule has 1 amide bonds. The molecule has 0 atom stereocenters. The highest BCUT2D eigenvalue weighted by molar-refractivity contribution is 7.80. The van der Waals surface area contributed by atoms with E-state index in [1.807, 2.05) is 42.9 Å². The minimum Gasteiger partial charge on any atom is -0.726 e. The molecule has 0 saturated carbocycles. The number of carbonyl (C=O) groups excluding carboxylic acids is 1. The van der Waals surface area contributed by atoms with Crippen LogP contribution in [0.15, 0.2) is 24.3 Å². The van der Waals surface area contributed by atoms with Gasteiger partial charge in [-0.25, -0.2) is 13.0 Å². The van der Waals surface area contributed by atoms with E-state index >= 15 is 0 Å². The van der Waals surface area contributed by atoms with Gasteiger partial charge < -0.3 is 9.45 Å². The summed E-state index contributed by atoms with van der Waals surface area (Å²) >= 11 is 0. The maximum Gasteiger partial charge on any atom is 0.226 e. The Bertz CT molecular complexity index is 810. The highest BCUT2D eigenvalue weighted by Crippen LogP contribution is 2.19. The van der Waals surface area contributed by atoms with Crippen molar-refractivity contribution in [1.82, 2.24) is 0 Å². The zero-order valence-electron chi connectivity index (χ0n) is 23.2. The first-order chi connectivity index (χ1) is 17.1. The second-order valence-corrected chi connectivity index (χ2v) is 10.6. The van der Waals surface area contributed by atoms with Gasteiger partial charge in [0, 0.05) is 31.3 Å². The average molecular weight is 527 g/mol. The number of rotatable bonds is 19. The van der Waals surface area contributed by atoms with Crippen LogP contribution in [0.5, 0.6) is 0 Å². The molecule has 8 heteroatoms. The van der Waals surface area contributed by atoms with Gasteiger partial charge in [0.2, 0.25) is 22.0 Å². The topological polar surface area (TPSA) is 89.8 Å². The molecule has 0 fully saturated rings. The van der Waals surface area contributed by atoms with Crippen LogP contribution in [-0.4, -0.2) is 51.4 Å². The minimum atomic E-state index is -4.41. The highest BCUT2D eigenvalue weighted by atomic mass is 32.3. The minimum absolute atomic E-state index is 0.209. The van der Waals surface area contributed by atoms with E-state index in [9.17, 15) is 17.8 Å². The molecule has 0 aliphatic heterocycles. The number of amides is 1. The maximum absolute atomic E-state index is 12.4. The molecule has 1 aromatic carbocycles. The molecule has 36 heavy (non-hydrogen) atoms. The Morgan fingerprint density at radius 2 is 1.22 bits per heavy atom. The lowest BCUT2D eigenvalue weighted by Gasteiger charge is -2.17. The van der Waals surface area contributed by atoms with Gasteiger partial charge in [0.1, 0.15) is 13.8 Å². The molecule has 0 spiro atoms. The average Bonchev–Trinajstić information content (AvgIpc) is 2.85. The van der Waals surface area contributed by atoms with Crippen molar-refractivity contribution in [3.63, 3.8) is 0 Å². The number of hydrogen-bond acceptors (Lipinski definition) is 5. The van der Waals surface area contributed by atoms with Crippen LogP contribution in [0.3, 0.4) is 0 Å². The molecule has 0 saturated heterocycles. The van der Waals surface area contributed by atoms with Gasteiger partial charge in [0.15, 0.2) is 0 Å². The van der Waals surface area contributed by atoms with E-state index in [1.165, 1.54) is 89.9 Å². The van der Waals surface area contributed by atoms with Crippen molar-refractivity contribution in [1.29, 1.82) is 0 Å². The van der Waals surface area contributed by atoms with Crippen LogP contribution < -0.4 is 4.90 Å². The van der Waals surface area contributed by atoms with Gasteiger partial charge >= 0.3 is 0 Å². The summed E-state index contributed by atoms with van der Waals surface area (Å²) in [4.78, 5) is 14.2. The molecule has 0 bridgehead atoms. The van der Waals surface area contributed by atoms with Crippen molar-refractivity contribution < 1.29 is 26.5 Å². The summed E-state index contributed by atoms with van der Waals surface area (Å²) in [5.74, 6) is 0.209. The second kappa shape index (κ2) is 21.3. The number of carbonyl (C=O) groups is 1. The van der Waals surface area contributed by atoms with Gasteiger partial charge in [-0.2, -0.15) is 0 Å². The van der Waals surface area contributed by atoms with Gasteiger partial charge in [0.25, 0.3) is 0 Å². The van der Waals surface area contributed by atoms with Gasteiger partial charge in [-0.3, -0.25) is 8.98 Å². The molecule has 1 rings (SSSR count). The Kier molecular flexibility index (Phi) is 20.3. The molecule has 0 N–H and O–H groups in total. The van der Waals surface area contributed by atoms with Gasteiger partial charge in [-0.1, -0.05) is 96.8 Å². The SMILES string of the molecule is C=[N+](C)c1ccc(N(C)C(=O)CCCCCCCCCCCCCCCCC)cc1.COS(=O)(=O)[O-]. The third-order valence-corrected chi connectivity index (χ3v) is 6.66. The van der Waals surface area contributed by atoms with Crippen LogP contribution in [0.1, 0.15) is 110 Å². The van der Waals surface area contributed by atoms with Crippen LogP contribution in [0.25, 0.3) is 0 Å². The lowest BCUT2D eigenvalue weighted by atomic mass is 10.0. The lowest BCUT2D eigenvalue weighted by Crippen LogP contribution is -2.25. The third-order valence-electron chi connectivity index (χ3n) is 6.25. The van der Waals surface area contributed by atoms with E-state index in [4.69, 9.17) is 0 Å². The fraction of sp³-hybridized carbons (Fsp3) is 0.714. The van der Waals surface area contributed by atoms with Crippen LogP contribution in [0.4, 0.5) is 11.4 Å². The fourth-order valence-corrected chi connectivity index (χ4v) is 3.89. The molecular weight excluding hydrogens is 476 g/mol. The van der Waals surface area contributed by atoms with E-state index in [0.29, 0.717) is 6.42 Å². The molecule has 0 unspecified atom stereocenters. The quantitative estimate of drug-likeness (QED) is 0.0638. The predicted molar refractivity (Wildman–Crippen MR) is 149 cm³/mol. The van der Waals surface area contributed by atoms with Crippen LogP contribution in [0, 0.1) is 0 Å². The van der Waals surface area contributed by atoms with Crippen LogP contribution in [-0.2, 0) is 19.4 Å². The van der Waals surface area contributed by atoms with E-state index in [-0.39, 0.29) is 5.91 Å². The summed E-state index contributed by atoms with van der Waals surface area (Å²) in [5.41, 5.74) is 1.99. The molecule has 1 aromatic rings. The Labute approximate surface area is 220 Å². The first-order valence-corrected chi connectivity index (χ1v) is 14.9. The third kappa shape index (κ3) is 19.4. The van der Waals surface area contributed by atoms with Crippen molar-refractivity contribution in [3.8, 4) is 0 Å². The maximum atomic E-state index is 12.4. The number of hydrogen-bond donors (Lipinski definition) is 0. The molecule has 0 aromatic heterocycles. The lowest BCUT2D eigenvalue weighted by molar-refractivity contribution is -0.394. The summed E-state index contributed by atoms with van der Waals surface area (Å²) in [6.07, 6.45) is 20.9. The van der Waals surface area contributed by atoms with E-state index < -0.39 is 10.4 Å². The van der Waals surface area contributed by atoms with Crippen LogP contribution >= 0.6 is 0 Å². The molecule has 208 valence electrons. The van der Waals surface area contributed by atoms with E-state index in [1.54, 1.807) is 4.90 Å². The molecule has 0 radical (unpaired) electrons. The largest absolute Gasteiger partial charge is 0.726 e. The van der Waals surface area contributed by atoms with Crippen molar-refractivity contribution in [2.45, 2.75) is 110 Å².